The average Bonchev–Trinajstić information content (AvgIpc) is 3.66. The van der Waals surface area contributed by atoms with Crippen molar-refractivity contribution >= 4 is 21.9 Å². The summed E-state index contributed by atoms with van der Waals surface area (Å²) in [4.78, 5) is 15.3. The largest absolute Gasteiger partial charge is 0.456 e. The highest BCUT2D eigenvalue weighted by molar-refractivity contribution is 6.12. The van der Waals surface area contributed by atoms with Gasteiger partial charge < -0.3 is 4.42 Å². The van der Waals surface area contributed by atoms with Crippen molar-refractivity contribution < 1.29 is 4.42 Å². The molecule has 0 radical (unpaired) electrons. The van der Waals surface area contributed by atoms with Gasteiger partial charge in [0.15, 0.2) is 17.5 Å². The number of benzene rings is 8. The lowest BCUT2D eigenvalue weighted by Crippen LogP contribution is -2.00. The molecule has 0 unspecified atom stereocenters. The van der Waals surface area contributed by atoms with Gasteiger partial charge in [-0.05, 0) is 62.7 Å². The molecule has 0 saturated heterocycles. The number of rotatable bonds is 7. The molecule has 10 rings (SSSR count). The van der Waals surface area contributed by atoms with Crippen LogP contribution in [0.2, 0.25) is 0 Å². The summed E-state index contributed by atoms with van der Waals surface area (Å²) in [5.74, 6) is 1.81. The highest BCUT2D eigenvalue weighted by atomic mass is 16.3. The molecule has 0 amide bonds. The molecule has 0 N–H and O–H groups in total. The zero-order valence-electron chi connectivity index (χ0n) is 29.8. The molecule has 4 nitrogen and oxygen atoms in total. The Labute approximate surface area is 319 Å². The monoisotopic (exact) mass is 703 g/mol. The van der Waals surface area contributed by atoms with Crippen LogP contribution in [0.4, 0.5) is 0 Å². The second kappa shape index (κ2) is 13.8. The van der Waals surface area contributed by atoms with Crippen LogP contribution in [0.1, 0.15) is 0 Å². The van der Waals surface area contributed by atoms with Gasteiger partial charge in [0.05, 0.1) is 0 Å². The van der Waals surface area contributed by atoms with Crippen LogP contribution in [0, 0.1) is 0 Å². The molecule has 10 aromatic rings. The van der Waals surface area contributed by atoms with Crippen molar-refractivity contribution in [2.45, 2.75) is 0 Å². The van der Waals surface area contributed by atoms with Crippen molar-refractivity contribution in [3.8, 4) is 78.7 Å². The molecule has 0 fully saturated rings. The molecule has 8 aromatic carbocycles. The molecule has 0 aliphatic rings. The maximum absolute atomic E-state index is 6.54. The Morgan fingerprint density at radius 3 is 1.13 bits per heavy atom. The number of hydrogen-bond donors (Lipinski definition) is 0. The van der Waals surface area contributed by atoms with Crippen molar-refractivity contribution in [2.24, 2.45) is 0 Å². The van der Waals surface area contributed by atoms with Crippen molar-refractivity contribution in [2.75, 3.05) is 0 Å². The van der Waals surface area contributed by atoms with E-state index in [1.165, 1.54) is 11.1 Å². The Bertz CT molecular complexity index is 2820. The molecule has 2 aromatic heterocycles. The minimum absolute atomic E-state index is 0.591. The van der Waals surface area contributed by atoms with Gasteiger partial charge in [-0.25, -0.2) is 15.0 Å². The lowest BCUT2D eigenvalue weighted by molar-refractivity contribution is 0.669. The smallest absolute Gasteiger partial charge is 0.164 e. The van der Waals surface area contributed by atoms with Crippen LogP contribution in [-0.4, -0.2) is 15.0 Å². The average molecular weight is 704 g/mol. The summed E-state index contributed by atoms with van der Waals surface area (Å²) < 4.78 is 6.54. The van der Waals surface area contributed by atoms with Crippen molar-refractivity contribution in [3.63, 3.8) is 0 Å². The fraction of sp³-hybridized carbons (Fsp3) is 0. The quantitative estimate of drug-likeness (QED) is 0.166. The van der Waals surface area contributed by atoms with Gasteiger partial charge in [0.25, 0.3) is 0 Å². The molecule has 55 heavy (non-hydrogen) atoms. The lowest BCUT2D eigenvalue weighted by atomic mass is 9.99. The van der Waals surface area contributed by atoms with Gasteiger partial charge >= 0.3 is 0 Å². The first-order valence-electron chi connectivity index (χ1n) is 18.4. The Kier molecular flexibility index (Phi) is 8.12. The number of aromatic nitrogens is 3. The van der Waals surface area contributed by atoms with Crippen molar-refractivity contribution in [1.82, 2.24) is 15.0 Å². The van der Waals surface area contributed by atoms with E-state index in [-0.39, 0.29) is 0 Å². The molecule has 0 bridgehead atoms. The van der Waals surface area contributed by atoms with Gasteiger partial charge in [-0.1, -0.05) is 182 Å². The Morgan fingerprint density at radius 2 is 0.655 bits per heavy atom. The third-order valence-corrected chi connectivity index (χ3v) is 10.2. The van der Waals surface area contributed by atoms with Crippen molar-refractivity contribution in [3.05, 3.63) is 200 Å². The van der Waals surface area contributed by atoms with Crippen LogP contribution < -0.4 is 0 Å². The molecule has 0 aliphatic heterocycles. The topological polar surface area (TPSA) is 51.8 Å². The molecule has 0 atom stereocenters. The summed E-state index contributed by atoms with van der Waals surface area (Å²) in [6, 6.07) is 69.3. The highest BCUT2D eigenvalue weighted by Gasteiger charge is 2.18. The van der Waals surface area contributed by atoms with Crippen LogP contribution in [0.25, 0.3) is 101 Å². The van der Waals surface area contributed by atoms with Crippen LogP contribution in [-0.2, 0) is 0 Å². The van der Waals surface area contributed by atoms with Crippen LogP contribution in [0.3, 0.4) is 0 Å². The first-order valence-corrected chi connectivity index (χ1v) is 18.4. The minimum Gasteiger partial charge on any atom is -0.456 e. The van der Waals surface area contributed by atoms with E-state index in [2.05, 4.69) is 170 Å². The number of fused-ring (bicyclic) bond motifs is 3. The number of nitrogens with zero attached hydrogens (tertiary/aromatic N) is 3. The summed E-state index contributed by atoms with van der Waals surface area (Å²) in [6.45, 7) is 0. The fourth-order valence-electron chi connectivity index (χ4n) is 7.32. The van der Waals surface area contributed by atoms with E-state index in [1.54, 1.807) is 0 Å². The van der Waals surface area contributed by atoms with Gasteiger partial charge in [0.2, 0.25) is 0 Å². The standard InChI is InChI=1S/C51H33N3O/c1-4-11-34(12-5-1)37-19-21-40(22-20-37)43-31-32-44-47(33-43)55-46-18-10-17-45(48(44)46)51-53-49(41-27-23-38(24-28-41)35-13-6-2-7-14-35)52-50(54-51)42-29-25-39(26-30-42)36-15-8-3-9-16-36/h1-33H. The number of furan rings is 1. The van der Waals surface area contributed by atoms with Gasteiger partial charge in [-0.15, -0.1) is 0 Å². The zero-order chi connectivity index (χ0) is 36.6. The van der Waals surface area contributed by atoms with Gasteiger partial charge in [-0.3, -0.25) is 0 Å². The van der Waals surface area contributed by atoms with E-state index >= 15 is 0 Å². The third kappa shape index (κ3) is 6.26. The predicted octanol–water partition coefficient (Wildman–Crippen LogP) is 13.4. The second-order valence-corrected chi connectivity index (χ2v) is 13.6. The molecule has 2 heterocycles. The lowest BCUT2D eigenvalue weighted by Gasteiger charge is -2.10. The molecule has 4 heteroatoms. The first kappa shape index (κ1) is 32.2. The van der Waals surface area contributed by atoms with E-state index in [4.69, 9.17) is 19.4 Å². The molecule has 0 spiro atoms. The second-order valence-electron chi connectivity index (χ2n) is 13.6. The third-order valence-electron chi connectivity index (χ3n) is 10.2. The van der Waals surface area contributed by atoms with Gasteiger partial charge in [-0.2, -0.15) is 0 Å². The molecular formula is C51H33N3O. The Hall–Kier alpha value is -7.43. The normalized spacial score (nSPS) is 11.3. The van der Waals surface area contributed by atoms with Gasteiger partial charge in [0.1, 0.15) is 11.2 Å². The zero-order valence-corrected chi connectivity index (χ0v) is 29.8. The van der Waals surface area contributed by atoms with Crippen LogP contribution in [0.5, 0.6) is 0 Å². The maximum Gasteiger partial charge on any atom is 0.164 e. The number of hydrogen-bond acceptors (Lipinski definition) is 4. The predicted molar refractivity (Wildman–Crippen MR) is 225 cm³/mol. The first-order chi connectivity index (χ1) is 27.2. The summed E-state index contributed by atoms with van der Waals surface area (Å²) >= 11 is 0. The molecule has 0 saturated carbocycles. The highest BCUT2D eigenvalue weighted by Crippen LogP contribution is 2.39. The van der Waals surface area contributed by atoms with Gasteiger partial charge in [0, 0.05) is 27.5 Å². The molecular weight excluding hydrogens is 671 g/mol. The van der Waals surface area contributed by atoms with E-state index in [0.29, 0.717) is 17.5 Å². The SMILES string of the molecule is c1ccc(-c2ccc(-c3ccc4c(c3)oc3cccc(-c5nc(-c6ccc(-c7ccccc7)cc6)nc(-c6ccc(-c7ccccc7)cc6)n5)c34)cc2)cc1. The van der Waals surface area contributed by atoms with Crippen LogP contribution in [0.15, 0.2) is 205 Å². The van der Waals surface area contributed by atoms with E-state index in [9.17, 15) is 0 Å². The summed E-state index contributed by atoms with van der Waals surface area (Å²) in [6.07, 6.45) is 0. The molecule has 0 aliphatic carbocycles. The van der Waals surface area contributed by atoms with E-state index < -0.39 is 0 Å². The van der Waals surface area contributed by atoms with E-state index in [1.807, 2.05) is 30.3 Å². The maximum atomic E-state index is 6.54. The summed E-state index contributed by atoms with van der Waals surface area (Å²) in [5.41, 5.74) is 13.5. The van der Waals surface area contributed by atoms with Crippen LogP contribution >= 0.6 is 0 Å². The Balaban J connectivity index is 1.07. The Morgan fingerprint density at radius 1 is 0.273 bits per heavy atom. The van der Waals surface area contributed by atoms with E-state index in [0.717, 1.165) is 72.0 Å². The fourth-order valence-corrected chi connectivity index (χ4v) is 7.32. The van der Waals surface area contributed by atoms with Crippen molar-refractivity contribution in [1.29, 1.82) is 0 Å². The summed E-state index contributed by atoms with van der Waals surface area (Å²) in [7, 11) is 0. The summed E-state index contributed by atoms with van der Waals surface area (Å²) in [5, 5.41) is 1.99. The minimum atomic E-state index is 0.591. The molecule has 258 valence electrons.